The lowest BCUT2D eigenvalue weighted by atomic mass is 10.0. The van der Waals surface area contributed by atoms with Gasteiger partial charge in [-0.2, -0.15) is 12.7 Å². The maximum atomic E-state index is 12.7. The molecule has 0 atom stereocenters. The van der Waals surface area contributed by atoms with Crippen LogP contribution in [0.25, 0.3) is 0 Å². The van der Waals surface area contributed by atoms with Crippen LogP contribution in [0.15, 0.2) is 24.3 Å². The highest BCUT2D eigenvalue weighted by atomic mass is 32.2. The smallest absolute Gasteiger partial charge is 0.303 e. The molecule has 0 aliphatic carbocycles. The summed E-state index contributed by atoms with van der Waals surface area (Å²) >= 11 is 0. The molecule has 1 aromatic carbocycles. The Balaban J connectivity index is 2.31. The molecule has 0 amide bonds. The fourth-order valence-corrected chi connectivity index (χ4v) is 3.92. The summed E-state index contributed by atoms with van der Waals surface area (Å²) < 4.78 is 28.1. The van der Waals surface area contributed by atoms with E-state index in [4.69, 9.17) is 11.1 Å². The van der Waals surface area contributed by atoms with Gasteiger partial charge in [0, 0.05) is 25.7 Å². The minimum absolute atomic E-state index is 0.139. The molecular weight excluding hydrogens is 288 g/mol. The first-order chi connectivity index (χ1) is 9.84. The van der Waals surface area contributed by atoms with E-state index >= 15 is 0 Å². The van der Waals surface area contributed by atoms with Gasteiger partial charge in [-0.05, 0) is 30.9 Å². The van der Waals surface area contributed by atoms with E-state index in [1.807, 2.05) is 0 Å². The van der Waals surface area contributed by atoms with Gasteiger partial charge in [0.1, 0.15) is 5.84 Å². The van der Waals surface area contributed by atoms with E-state index in [-0.39, 0.29) is 5.84 Å². The molecule has 1 saturated heterocycles. The van der Waals surface area contributed by atoms with E-state index in [9.17, 15) is 8.42 Å². The average Bonchev–Trinajstić information content (AvgIpc) is 2.46. The predicted molar refractivity (Wildman–Crippen MR) is 84.8 cm³/mol. The molecule has 0 radical (unpaired) electrons. The van der Waals surface area contributed by atoms with Gasteiger partial charge in [0.25, 0.3) is 0 Å². The lowest BCUT2D eigenvalue weighted by molar-refractivity contribution is 0.287. The molecule has 0 saturated carbocycles. The molecule has 0 spiro atoms. The van der Waals surface area contributed by atoms with Crippen molar-refractivity contribution in [1.29, 1.82) is 5.41 Å². The van der Waals surface area contributed by atoms with E-state index < -0.39 is 10.2 Å². The van der Waals surface area contributed by atoms with Crippen LogP contribution in [-0.4, -0.2) is 38.7 Å². The molecule has 1 aliphatic rings. The second-order valence-electron chi connectivity index (χ2n) is 5.49. The number of nitrogens with zero attached hydrogens (tertiary/aromatic N) is 2. The van der Waals surface area contributed by atoms with Crippen molar-refractivity contribution in [1.82, 2.24) is 4.31 Å². The number of nitrogens with two attached hydrogens (primary N) is 1. The maximum absolute atomic E-state index is 12.7. The third-order valence-corrected chi connectivity index (χ3v) is 5.86. The summed E-state index contributed by atoms with van der Waals surface area (Å²) in [5.74, 6) is 0.422. The standard InChI is InChI=1S/C14H22N4O2S/c1-11-7-9-18(10-8-11)21(19,20)17(2)13-6-4-3-5-12(13)14(15)16/h3-6,11H,7-10H2,1-2H3,(H3,15,16). The first kappa shape index (κ1) is 15.8. The van der Waals surface area contributed by atoms with Crippen LogP contribution < -0.4 is 10.0 Å². The number of para-hydroxylation sites is 1. The van der Waals surface area contributed by atoms with Crippen molar-refractivity contribution in [3.8, 4) is 0 Å². The Kier molecular flexibility index (Phi) is 4.53. The quantitative estimate of drug-likeness (QED) is 0.650. The van der Waals surface area contributed by atoms with Gasteiger partial charge >= 0.3 is 10.2 Å². The Labute approximate surface area is 126 Å². The summed E-state index contributed by atoms with van der Waals surface area (Å²) in [6, 6.07) is 6.80. The van der Waals surface area contributed by atoms with Crippen molar-refractivity contribution in [2.45, 2.75) is 19.8 Å². The number of piperidine rings is 1. The van der Waals surface area contributed by atoms with Crippen molar-refractivity contribution in [3.05, 3.63) is 29.8 Å². The zero-order valence-corrected chi connectivity index (χ0v) is 13.2. The van der Waals surface area contributed by atoms with Gasteiger partial charge in [-0.1, -0.05) is 19.1 Å². The van der Waals surface area contributed by atoms with Crippen LogP contribution >= 0.6 is 0 Å². The molecule has 0 aromatic heterocycles. The largest absolute Gasteiger partial charge is 0.384 e. The van der Waals surface area contributed by atoms with E-state index in [1.165, 1.54) is 15.7 Å². The van der Waals surface area contributed by atoms with Crippen molar-refractivity contribution in [2.24, 2.45) is 11.7 Å². The average molecular weight is 310 g/mol. The lowest BCUT2D eigenvalue weighted by Gasteiger charge is -2.33. The highest BCUT2D eigenvalue weighted by Gasteiger charge is 2.31. The summed E-state index contributed by atoms with van der Waals surface area (Å²) in [4.78, 5) is 0. The monoisotopic (exact) mass is 310 g/mol. The van der Waals surface area contributed by atoms with Crippen LogP contribution in [0.1, 0.15) is 25.3 Å². The Morgan fingerprint density at radius 3 is 2.48 bits per heavy atom. The number of rotatable bonds is 4. The van der Waals surface area contributed by atoms with Gasteiger partial charge < -0.3 is 5.73 Å². The summed E-state index contributed by atoms with van der Waals surface area (Å²) in [6.45, 7) is 3.21. The van der Waals surface area contributed by atoms with E-state index in [0.29, 0.717) is 30.3 Å². The molecular formula is C14H22N4O2S. The van der Waals surface area contributed by atoms with Gasteiger partial charge in [0.05, 0.1) is 5.69 Å². The van der Waals surface area contributed by atoms with Gasteiger partial charge in [0.2, 0.25) is 0 Å². The first-order valence-electron chi connectivity index (χ1n) is 7.01. The summed E-state index contributed by atoms with van der Waals surface area (Å²) in [7, 11) is -2.07. The molecule has 1 aliphatic heterocycles. The number of amidine groups is 1. The molecule has 3 N–H and O–H groups in total. The van der Waals surface area contributed by atoms with Gasteiger partial charge in [-0.25, -0.2) is 0 Å². The molecule has 7 heteroatoms. The fraction of sp³-hybridized carbons (Fsp3) is 0.500. The van der Waals surface area contributed by atoms with Crippen molar-refractivity contribution in [3.63, 3.8) is 0 Å². The lowest BCUT2D eigenvalue weighted by Crippen LogP contribution is -2.46. The first-order valence-corrected chi connectivity index (χ1v) is 8.41. The van der Waals surface area contributed by atoms with Crippen LogP contribution in [0.3, 0.4) is 0 Å². The topological polar surface area (TPSA) is 90.5 Å². The summed E-state index contributed by atoms with van der Waals surface area (Å²) in [6.07, 6.45) is 1.75. The second kappa shape index (κ2) is 6.03. The number of hydrogen-bond donors (Lipinski definition) is 2. The zero-order valence-electron chi connectivity index (χ0n) is 12.4. The minimum atomic E-state index is -3.58. The predicted octanol–water partition coefficient (Wildman–Crippen LogP) is 1.38. The molecule has 0 unspecified atom stereocenters. The van der Waals surface area contributed by atoms with Crippen molar-refractivity contribution >= 4 is 21.7 Å². The molecule has 1 aromatic rings. The minimum Gasteiger partial charge on any atom is -0.384 e. The SMILES string of the molecule is CC1CCN(S(=O)(=O)N(C)c2ccccc2C(=N)N)CC1. The van der Waals surface area contributed by atoms with E-state index in [0.717, 1.165) is 12.8 Å². The van der Waals surface area contributed by atoms with Crippen LogP contribution in [0.4, 0.5) is 5.69 Å². The van der Waals surface area contributed by atoms with E-state index in [2.05, 4.69) is 6.92 Å². The van der Waals surface area contributed by atoms with Crippen LogP contribution in [-0.2, 0) is 10.2 Å². The van der Waals surface area contributed by atoms with Crippen LogP contribution in [0, 0.1) is 11.3 Å². The number of hydrogen-bond acceptors (Lipinski definition) is 3. The number of nitrogen functional groups attached to an aromatic ring is 1. The molecule has 0 bridgehead atoms. The molecule has 2 rings (SSSR count). The number of anilines is 1. The molecule has 116 valence electrons. The third kappa shape index (κ3) is 3.19. The van der Waals surface area contributed by atoms with E-state index in [1.54, 1.807) is 24.3 Å². The third-order valence-electron chi connectivity index (χ3n) is 3.95. The Hall–Kier alpha value is -1.60. The maximum Gasteiger partial charge on any atom is 0.303 e. The highest BCUT2D eigenvalue weighted by molar-refractivity contribution is 7.90. The van der Waals surface area contributed by atoms with Gasteiger partial charge in [-0.15, -0.1) is 0 Å². The highest BCUT2D eigenvalue weighted by Crippen LogP contribution is 2.26. The van der Waals surface area contributed by atoms with Crippen molar-refractivity contribution < 1.29 is 8.42 Å². The van der Waals surface area contributed by atoms with Gasteiger partial charge in [0.15, 0.2) is 0 Å². The van der Waals surface area contributed by atoms with Crippen molar-refractivity contribution in [2.75, 3.05) is 24.4 Å². The second-order valence-corrected chi connectivity index (χ2v) is 7.45. The normalized spacial score (nSPS) is 17.6. The number of nitrogens with one attached hydrogen (secondary N) is 1. The molecule has 1 heterocycles. The Bertz CT molecular complexity index is 622. The molecule has 21 heavy (non-hydrogen) atoms. The summed E-state index contributed by atoms with van der Waals surface area (Å²) in [5.41, 5.74) is 6.40. The molecule has 6 nitrogen and oxygen atoms in total. The Morgan fingerprint density at radius 2 is 1.90 bits per heavy atom. The van der Waals surface area contributed by atoms with Crippen LogP contribution in [0.5, 0.6) is 0 Å². The van der Waals surface area contributed by atoms with Crippen LogP contribution in [0.2, 0.25) is 0 Å². The zero-order chi connectivity index (χ0) is 15.6. The molecule has 1 fully saturated rings. The fourth-order valence-electron chi connectivity index (χ4n) is 2.49. The summed E-state index contributed by atoms with van der Waals surface area (Å²) in [5, 5.41) is 7.59. The Morgan fingerprint density at radius 1 is 1.33 bits per heavy atom. The number of benzene rings is 1. The van der Waals surface area contributed by atoms with Gasteiger partial charge in [-0.3, -0.25) is 9.71 Å².